The first-order chi connectivity index (χ1) is 29.0. The molecular formula is C34H58N4O21S2. The van der Waals surface area contributed by atoms with Crippen LogP contribution in [-0.2, 0) is 57.1 Å². The first-order valence-corrected chi connectivity index (χ1v) is 21.9. The molecule has 0 aromatic heterocycles. The zero-order chi connectivity index (χ0) is 45.1. The molecule has 0 aliphatic carbocycles. The Bertz CT molecular complexity index is 1430. The fraction of sp³-hybridized carbons (Fsp3) is 0.882. The van der Waals surface area contributed by atoms with Gasteiger partial charge in [0.2, 0.25) is 11.8 Å². The second-order valence-corrected chi connectivity index (χ2v) is 17.2. The first kappa shape index (κ1) is 51.5. The number of rotatable bonds is 20. The molecule has 0 spiro atoms. The Balaban J connectivity index is 1.67. The number of ether oxygens (including phenoxy) is 8. The van der Waals surface area contributed by atoms with Crippen LogP contribution in [0.15, 0.2) is 0 Å². The number of carbonyl (C=O) groups is 4. The predicted octanol–water partition coefficient (Wildman–Crippen LogP) is -6.83. The van der Waals surface area contributed by atoms with E-state index in [1.54, 1.807) is 0 Å². The molecule has 27 heteroatoms. The highest BCUT2D eigenvalue weighted by Gasteiger charge is 2.57. The fourth-order valence-electron chi connectivity index (χ4n) is 7.05. The molecule has 0 radical (unpaired) electrons. The van der Waals surface area contributed by atoms with Crippen LogP contribution in [0.3, 0.4) is 0 Å². The van der Waals surface area contributed by atoms with Crippen LogP contribution in [0.5, 0.6) is 0 Å². The Morgan fingerprint density at radius 2 is 1.21 bits per heavy atom. The number of carboxylic acid groups (broad SMARTS) is 1. The van der Waals surface area contributed by atoms with Crippen molar-refractivity contribution in [1.82, 2.24) is 16.0 Å². The minimum atomic E-state index is -2.14. The van der Waals surface area contributed by atoms with Crippen molar-refractivity contribution in [2.75, 3.05) is 44.9 Å². The van der Waals surface area contributed by atoms with E-state index >= 15 is 0 Å². The second-order valence-electron chi connectivity index (χ2n) is 14.5. The summed E-state index contributed by atoms with van der Waals surface area (Å²) in [6.45, 7) is 1.07. The fourth-order valence-corrected chi connectivity index (χ4v) is 8.99. The van der Waals surface area contributed by atoms with Gasteiger partial charge in [0.05, 0.1) is 19.3 Å². The molecule has 4 rings (SSSR count). The Morgan fingerprint density at radius 3 is 1.74 bits per heavy atom. The Kier molecular flexibility index (Phi) is 20.5. The highest BCUT2D eigenvalue weighted by molar-refractivity contribution is 8.76. The minimum absolute atomic E-state index is 0.0682. The lowest BCUT2D eigenvalue weighted by Crippen LogP contribution is -2.71. The van der Waals surface area contributed by atoms with Gasteiger partial charge in [-0.25, -0.2) is 4.79 Å². The third-order valence-corrected chi connectivity index (χ3v) is 12.6. The summed E-state index contributed by atoms with van der Waals surface area (Å²) < 4.78 is 45.9. The molecule has 25 nitrogen and oxygen atoms in total. The van der Waals surface area contributed by atoms with Gasteiger partial charge in [-0.15, -0.1) is 0 Å². The van der Waals surface area contributed by atoms with Gasteiger partial charge in [0, 0.05) is 52.0 Å². The van der Waals surface area contributed by atoms with Gasteiger partial charge >= 0.3 is 5.97 Å². The third kappa shape index (κ3) is 13.2. The van der Waals surface area contributed by atoms with Crippen LogP contribution < -0.4 is 21.7 Å². The molecule has 352 valence electrons. The number of aliphatic hydroxyl groups is 8. The number of amides is 3. The van der Waals surface area contributed by atoms with Crippen LogP contribution >= 0.6 is 21.6 Å². The lowest BCUT2D eigenvalue weighted by atomic mass is 9.94. The summed E-state index contributed by atoms with van der Waals surface area (Å²) in [4.78, 5) is 50.4. The first-order valence-electron chi connectivity index (χ1n) is 19.4. The Labute approximate surface area is 357 Å². The van der Waals surface area contributed by atoms with Crippen LogP contribution in [-0.4, -0.2) is 231 Å². The van der Waals surface area contributed by atoms with Gasteiger partial charge in [-0.2, -0.15) is 0 Å². The number of hydrogen-bond donors (Lipinski definition) is 13. The molecule has 11 unspecified atom stereocenters. The highest BCUT2D eigenvalue weighted by atomic mass is 33.1. The molecule has 4 heterocycles. The van der Waals surface area contributed by atoms with Gasteiger partial charge < -0.3 is 106 Å². The summed E-state index contributed by atoms with van der Waals surface area (Å²) in [6, 6.07) is -2.97. The molecular weight excluding hydrogens is 865 g/mol. The van der Waals surface area contributed by atoms with E-state index in [0.29, 0.717) is 24.5 Å². The smallest absolute Gasteiger partial charge is 0.333 e. The second kappa shape index (κ2) is 24.3. The molecule has 4 aliphatic heterocycles. The quantitative estimate of drug-likeness (QED) is 0.0399. The Morgan fingerprint density at radius 1 is 0.689 bits per heavy atom. The van der Waals surface area contributed by atoms with Crippen molar-refractivity contribution < 1.29 is 103 Å². The Hall–Kier alpha value is -2.10. The third-order valence-electron chi connectivity index (χ3n) is 10.0. The van der Waals surface area contributed by atoms with E-state index in [1.165, 1.54) is 28.7 Å². The summed E-state index contributed by atoms with van der Waals surface area (Å²) in [6.07, 6.45) is -30.4. The normalized spacial score (nSPS) is 40.5. The number of aliphatic hydroxyl groups excluding tert-OH is 8. The van der Waals surface area contributed by atoms with Gasteiger partial charge in [0.1, 0.15) is 73.1 Å². The summed E-state index contributed by atoms with van der Waals surface area (Å²) in [5.41, 5.74) is 5.53. The topological polar surface area (TPSA) is 386 Å². The largest absolute Gasteiger partial charge is 0.479 e. The van der Waals surface area contributed by atoms with Gasteiger partial charge in [-0.1, -0.05) is 21.6 Å². The van der Waals surface area contributed by atoms with Crippen molar-refractivity contribution in [2.24, 2.45) is 5.73 Å². The standard InChI is InChI=1S/C34H58N4O21S2/c1-12(41)37-18-25(21(45)16(10-39)54-31(18)52-3)57-34-24(48)23(47)27(28(59-34)29(49)36-6-4-7-60-61-8-5-35)58-32-19(38-13(2)42)26(22(46)17(11-40)55-32)56-33-20(44)14(43)9-15(53-33)30(50)51/h14-28,31-34,39-40,43-48H,4-11,35H2,1-3H3,(H,36,49)(H,37,41)(H,38,42)(H,50,51)/t14-,15?,16?,17?,18-,19-,20-,21?,22?,23+,24-,25+,26+,27?,28?,31?,32?,33?,34?/m0/s1. The zero-order valence-electron chi connectivity index (χ0n) is 33.4. The minimum Gasteiger partial charge on any atom is -0.479 e. The lowest BCUT2D eigenvalue weighted by molar-refractivity contribution is -0.366. The SMILES string of the molecule is COC1OC(CO)C(O)[C@H](OC2OC(C(=O)NCCCSSCCN)C(OC3OC(CO)C(O)[C@H](OC4OC(C(=O)O)C[C@H](O)[C@@H]4O)[C@@H]3NC(C)=O)[C@H](O)[C@@H]2O)[C@@H]1NC(C)=O. The summed E-state index contributed by atoms with van der Waals surface area (Å²) in [7, 11) is 4.26. The van der Waals surface area contributed by atoms with Crippen molar-refractivity contribution in [1.29, 1.82) is 0 Å². The van der Waals surface area contributed by atoms with Crippen LogP contribution in [0.25, 0.3) is 0 Å². The molecule has 0 aromatic carbocycles. The van der Waals surface area contributed by atoms with E-state index in [2.05, 4.69) is 16.0 Å². The maximum atomic E-state index is 14.0. The van der Waals surface area contributed by atoms with Crippen molar-refractivity contribution in [3.05, 3.63) is 0 Å². The molecule has 14 N–H and O–H groups in total. The zero-order valence-corrected chi connectivity index (χ0v) is 35.1. The number of carbonyl (C=O) groups excluding carboxylic acids is 3. The molecule has 4 aliphatic rings. The van der Waals surface area contributed by atoms with Gasteiger partial charge in [-0.05, 0) is 6.42 Å². The van der Waals surface area contributed by atoms with Gasteiger partial charge in [0.25, 0.3) is 5.91 Å². The summed E-state index contributed by atoms with van der Waals surface area (Å²) >= 11 is 0. The summed E-state index contributed by atoms with van der Waals surface area (Å²) in [5, 5.41) is 104. The average molecular weight is 923 g/mol. The molecule has 0 saturated carbocycles. The number of aliphatic carboxylic acids is 1. The molecule has 4 fully saturated rings. The molecule has 4 saturated heterocycles. The van der Waals surface area contributed by atoms with Crippen molar-refractivity contribution in [3.8, 4) is 0 Å². The van der Waals surface area contributed by atoms with Gasteiger partial charge in [-0.3, -0.25) is 14.4 Å². The van der Waals surface area contributed by atoms with Crippen LogP contribution in [0.1, 0.15) is 26.7 Å². The van der Waals surface area contributed by atoms with Crippen LogP contribution in [0, 0.1) is 0 Å². The highest BCUT2D eigenvalue weighted by Crippen LogP contribution is 2.35. The van der Waals surface area contributed by atoms with Crippen LogP contribution in [0.2, 0.25) is 0 Å². The maximum Gasteiger partial charge on any atom is 0.333 e. The molecule has 0 bridgehead atoms. The van der Waals surface area contributed by atoms with E-state index in [4.69, 9.17) is 43.6 Å². The van der Waals surface area contributed by atoms with Crippen molar-refractivity contribution >= 4 is 45.3 Å². The van der Waals surface area contributed by atoms with E-state index in [9.17, 15) is 65.1 Å². The molecule has 19 atom stereocenters. The predicted molar refractivity (Wildman–Crippen MR) is 206 cm³/mol. The maximum absolute atomic E-state index is 14.0. The molecule has 61 heavy (non-hydrogen) atoms. The van der Waals surface area contributed by atoms with E-state index in [0.717, 1.165) is 13.8 Å². The van der Waals surface area contributed by atoms with E-state index < -0.39 is 160 Å². The number of carboxylic acids is 1. The van der Waals surface area contributed by atoms with Gasteiger partial charge in [0.15, 0.2) is 37.4 Å². The van der Waals surface area contributed by atoms with Crippen molar-refractivity contribution in [3.63, 3.8) is 0 Å². The molecule has 3 amide bonds. The number of nitrogens with two attached hydrogens (primary N) is 1. The monoisotopic (exact) mass is 922 g/mol. The van der Waals surface area contributed by atoms with E-state index in [-0.39, 0.29) is 6.54 Å². The number of methoxy groups -OCH3 is 1. The number of hydrogen-bond acceptors (Lipinski definition) is 23. The lowest BCUT2D eigenvalue weighted by Gasteiger charge is -2.50. The van der Waals surface area contributed by atoms with Crippen molar-refractivity contribution in [2.45, 2.75) is 143 Å². The van der Waals surface area contributed by atoms with E-state index in [1.807, 2.05) is 0 Å². The molecule has 0 aromatic rings. The summed E-state index contributed by atoms with van der Waals surface area (Å²) in [5.74, 6) is -2.56. The number of nitrogens with one attached hydrogen (secondary N) is 3. The van der Waals surface area contributed by atoms with Crippen LogP contribution in [0.4, 0.5) is 0 Å². The average Bonchev–Trinajstić information content (AvgIpc) is 3.21.